The smallest absolute Gasteiger partial charge is 0.411 e. The Labute approximate surface area is 88.7 Å². The number of carbonyl (C=O) groups excluding carboxylic acids is 2. The van der Waals surface area contributed by atoms with E-state index in [2.05, 4.69) is 21.4 Å². The van der Waals surface area contributed by atoms with Gasteiger partial charge in [0.1, 0.15) is 0 Å². The van der Waals surface area contributed by atoms with Crippen molar-refractivity contribution in [1.29, 1.82) is 0 Å². The van der Waals surface area contributed by atoms with E-state index in [0.717, 1.165) is 6.26 Å². The summed E-state index contributed by atoms with van der Waals surface area (Å²) in [5.41, 5.74) is 0.684. The number of nitrogens with one attached hydrogen (secondary N) is 1. The van der Waals surface area contributed by atoms with Crippen LogP contribution in [0.25, 0.3) is 0 Å². The summed E-state index contributed by atoms with van der Waals surface area (Å²) >= 11 is 0. The molecule has 1 N–H and O–H groups in total. The minimum atomic E-state index is -0.597. The average molecular weight is 213 g/mol. The second-order valence-corrected chi connectivity index (χ2v) is 2.67. The summed E-state index contributed by atoms with van der Waals surface area (Å²) in [6, 6.07) is 0. The number of alkyl carbamates (subject to hydrolysis) is 1. The molecule has 0 rings (SSSR count). The van der Waals surface area contributed by atoms with E-state index in [9.17, 15) is 9.59 Å². The van der Waals surface area contributed by atoms with E-state index < -0.39 is 12.1 Å². The fourth-order valence-corrected chi connectivity index (χ4v) is 0.731. The Morgan fingerprint density at radius 3 is 2.47 bits per heavy atom. The zero-order valence-electron chi connectivity index (χ0n) is 9.12. The first-order valence-electron chi connectivity index (χ1n) is 4.46. The van der Waals surface area contributed by atoms with Crippen LogP contribution in [0.2, 0.25) is 0 Å². The quantitative estimate of drug-likeness (QED) is 0.438. The molecule has 0 unspecified atom stereocenters. The molecule has 0 spiro atoms. The van der Waals surface area contributed by atoms with Gasteiger partial charge < -0.3 is 9.47 Å². The van der Waals surface area contributed by atoms with Gasteiger partial charge in [0, 0.05) is 5.70 Å². The fraction of sp³-hybridized carbons (Fsp3) is 0.400. The monoisotopic (exact) mass is 213 g/mol. The molecule has 0 aliphatic rings. The topological polar surface area (TPSA) is 64.6 Å². The van der Waals surface area contributed by atoms with E-state index in [0.29, 0.717) is 11.3 Å². The Morgan fingerprint density at radius 2 is 2.00 bits per heavy atom. The summed E-state index contributed by atoms with van der Waals surface area (Å²) in [6.45, 7) is 8.34. The SMILES string of the molecule is C=COC(=O)C(C)=C(C)NC(=O)OCC. The van der Waals surface area contributed by atoms with Gasteiger partial charge in [-0.3, -0.25) is 5.32 Å². The summed E-state index contributed by atoms with van der Waals surface area (Å²) in [6.07, 6.45) is 0.435. The minimum absolute atomic E-state index is 0.273. The third-order valence-corrected chi connectivity index (χ3v) is 1.62. The van der Waals surface area contributed by atoms with Crippen LogP contribution in [-0.2, 0) is 14.3 Å². The van der Waals surface area contributed by atoms with Crippen molar-refractivity contribution in [3.8, 4) is 0 Å². The van der Waals surface area contributed by atoms with Crippen LogP contribution in [0.5, 0.6) is 0 Å². The maximum Gasteiger partial charge on any atom is 0.411 e. The van der Waals surface area contributed by atoms with Crippen LogP contribution in [-0.4, -0.2) is 18.7 Å². The first-order chi connectivity index (χ1) is 7.02. The second-order valence-electron chi connectivity index (χ2n) is 2.67. The van der Waals surface area contributed by atoms with Gasteiger partial charge in [0.05, 0.1) is 18.4 Å². The van der Waals surface area contributed by atoms with Gasteiger partial charge in [-0.25, -0.2) is 9.59 Å². The molecular formula is C10H15NO4. The van der Waals surface area contributed by atoms with Crippen molar-refractivity contribution in [2.45, 2.75) is 20.8 Å². The van der Waals surface area contributed by atoms with Crippen molar-refractivity contribution in [2.24, 2.45) is 0 Å². The van der Waals surface area contributed by atoms with Crippen molar-refractivity contribution < 1.29 is 19.1 Å². The lowest BCUT2D eigenvalue weighted by atomic mass is 10.2. The molecule has 0 aromatic heterocycles. The van der Waals surface area contributed by atoms with Gasteiger partial charge in [-0.1, -0.05) is 6.58 Å². The molecule has 0 radical (unpaired) electrons. The standard InChI is InChI=1S/C10H15NO4/c1-5-14-9(12)7(3)8(4)11-10(13)15-6-2/h5H,1,6H2,2-4H3,(H,11,13). The molecular weight excluding hydrogens is 198 g/mol. The first kappa shape index (κ1) is 13.2. The highest BCUT2D eigenvalue weighted by atomic mass is 16.5. The number of amides is 1. The molecule has 5 heteroatoms. The number of allylic oxidation sites excluding steroid dienone is 1. The highest BCUT2D eigenvalue weighted by molar-refractivity contribution is 5.89. The molecule has 0 saturated carbocycles. The van der Waals surface area contributed by atoms with Crippen LogP contribution in [0, 0.1) is 0 Å². The molecule has 84 valence electrons. The van der Waals surface area contributed by atoms with Crippen molar-refractivity contribution in [2.75, 3.05) is 6.61 Å². The van der Waals surface area contributed by atoms with E-state index in [1.165, 1.54) is 6.92 Å². The van der Waals surface area contributed by atoms with E-state index in [1.807, 2.05) is 0 Å². The number of ether oxygens (including phenoxy) is 2. The van der Waals surface area contributed by atoms with Crippen LogP contribution in [0.1, 0.15) is 20.8 Å². The maximum atomic E-state index is 11.2. The molecule has 0 aromatic carbocycles. The summed E-state index contributed by atoms with van der Waals surface area (Å²) in [5, 5.41) is 2.40. The lowest BCUT2D eigenvalue weighted by molar-refractivity contribution is -0.133. The molecule has 0 aliphatic carbocycles. The van der Waals surface area contributed by atoms with E-state index in [-0.39, 0.29) is 6.61 Å². The van der Waals surface area contributed by atoms with Gasteiger partial charge >= 0.3 is 12.1 Å². The number of carbonyl (C=O) groups is 2. The molecule has 0 aromatic rings. The molecule has 0 aliphatic heterocycles. The fourth-order valence-electron chi connectivity index (χ4n) is 0.731. The molecule has 15 heavy (non-hydrogen) atoms. The largest absolute Gasteiger partial charge is 0.450 e. The van der Waals surface area contributed by atoms with Crippen LogP contribution >= 0.6 is 0 Å². The van der Waals surface area contributed by atoms with Crippen molar-refractivity contribution in [3.05, 3.63) is 24.1 Å². The lowest BCUT2D eigenvalue weighted by Gasteiger charge is -2.07. The molecule has 0 fully saturated rings. The Hall–Kier alpha value is -1.78. The Morgan fingerprint density at radius 1 is 1.40 bits per heavy atom. The van der Waals surface area contributed by atoms with Gasteiger partial charge in [0.2, 0.25) is 0 Å². The van der Waals surface area contributed by atoms with Crippen molar-refractivity contribution in [3.63, 3.8) is 0 Å². The number of esters is 1. The first-order valence-corrected chi connectivity index (χ1v) is 4.46. The maximum absolute atomic E-state index is 11.2. The highest BCUT2D eigenvalue weighted by Crippen LogP contribution is 2.03. The second kappa shape index (κ2) is 6.64. The Kier molecular flexibility index (Phi) is 5.85. The van der Waals surface area contributed by atoms with Gasteiger partial charge in [-0.05, 0) is 20.8 Å². The predicted octanol–water partition coefficient (Wildman–Crippen LogP) is 1.71. The van der Waals surface area contributed by atoms with Crippen LogP contribution < -0.4 is 5.32 Å². The van der Waals surface area contributed by atoms with Crippen LogP contribution in [0.4, 0.5) is 4.79 Å². The van der Waals surface area contributed by atoms with E-state index >= 15 is 0 Å². The third-order valence-electron chi connectivity index (χ3n) is 1.62. The normalized spacial score (nSPS) is 11.1. The van der Waals surface area contributed by atoms with E-state index in [1.54, 1.807) is 13.8 Å². The van der Waals surface area contributed by atoms with Gasteiger partial charge in [0.15, 0.2) is 0 Å². The van der Waals surface area contributed by atoms with Gasteiger partial charge in [0.25, 0.3) is 0 Å². The van der Waals surface area contributed by atoms with E-state index in [4.69, 9.17) is 0 Å². The Balaban J connectivity index is 4.43. The summed E-state index contributed by atoms with van der Waals surface area (Å²) < 4.78 is 9.19. The highest BCUT2D eigenvalue weighted by Gasteiger charge is 2.10. The molecule has 0 saturated heterocycles. The van der Waals surface area contributed by atoms with Gasteiger partial charge in [-0.15, -0.1) is 0 Å². The molecule has 1 amide bonds. The Bertz CT molecular complexity index is 294. The number of hydrogen-bond donors (Lipinski definition) is 1. The zero-order valence-corrected chi connectivity index (χ0v) is 9.12. The number of rotatable bonds is 4. The summed E-state index contributed by atoms with van der Waals surface area (Å²) in [5.74, 6) is -0.556. The zero-order chi connectivity index (χ0) is 11.8. The average Bonchev–Trinajstić information content (AvgIpc) is 2.17. The van der Waals surface area contributed by atoms with Crippen LogP contribution in [0.3, 0.4) is 0 Å². The van der Waals surface area contributed by atoms with Crippen molar-refractivity contribution in [1.82, 2.24) is 5.32 Å². The summed E-state index contributed by atoms with van der Waals surface area (Å²) in [4.78, 5) is 22.2. The molecule has 0 bridgehead atoms. The molecule has 0 heterocycles. The van der Waals surface area contributed by atoms with Gasteiger partial charge in [-0.2, -0.15) is 0 Å². The lowest BCUT2D eigenvalue weighted by Crippen LogP contribution is -2.24. The van der Waals surface area contributed by atoms with Crippen molar-refractivity contribution >= 4 is 12.1 Å². The minimum Gasteiger partial charge on any atom is -0.450 e. The molecule has 5 nitrogen and oxygen atoms in total. The molecule has 0 atom stereocenters. The third kappa shape index (κ3) is 4.85. The number of hydrogen-bond acceptors (Lipinski definition) is 4. The predicted molar refractivity (Wildman–Crippen MR) is 54.8 cm³/mol. The summed E-state index contributed by atoms with van der Waals surface area (Å²) in [7, 11) is 0. The van der Waals surface area contributed by atoms with Crippen LogP contribution in [0.15, 0.2) is 24.1 Å².